The number of hydrogen-bond acceptors (Lipinski definition) is 10. The topological polar surface area (TPSA) is 142 Å². The van der Waals surface area contributed by atoms with Gasteiger partial charge in [0.1, 0.15) is 6.04 Å². The molecule has 1 unspecified atom stereocenters. The number of carbonyl (C=O) groups is 4. The maximum atomic E-state index is 13.9. The zero-order valence-corrected chi connectivity index (χ0v) is 33.3. The average Bonchev–Trinajstić information content (AvgIpc) is 3.92. The van der Waals surface area contributed by atoms with Gasteiger partial charge < -0.3 is 34.4 Å². The normalized spacial score (nSPS) is 22.4. The quantitative estimate of drug-likeness (QED) is 0.206. The molecule has 6 aliphatic heterocycles. The van der Waals surface area contributed by atoms with Gasteiger partial charge in [-0.3, -0.25) is 29.2 Å². The highest BCUT2D eigenvalue weighted by Gasteiger charge is 2.45. The number of alkyl halides is 2. The first-order valence-electron chi connectivity index (χ1n) is 21.3. The summed E-state index contributed by atoms with van der Waals surface area (Å²) in [5, 5.41) is 11.3. The molecule has 4 saturated heterocycles. The van der Waals surface area contributed by atoms with E-state index in [0.717, 1.165) is 119 Å². The highest BCUT2D eigenvalue weighted by molar-refractivity contribution is 6.10. The summed E-state index contributed by atoms with van der Waals surface area (Å²) < 4.78 is 39.2. The minimum absolute atomic E-state index is 0.0271. The van der Waals surface area contributed by atoms with E-state index in [9.17, 15) is 28.0 Å². The Bertz CT molecular complexity index is 2370. The lowest BCUT2D eigenvalue weighted by atomic mass is 9.94. The van der Waals surface area contributed by atoms with Crippen molar-refractivity contribution in [1.29, 1.82) is 0 Å². The largest absolute Gasteiger partial charge is 0.586 e. The number of amides is 4. The summed E-state index contributed by atoms with van der Waals surface area (Å²) in [5.41, 5.74) is 4.88. The number of aromatic nitrogens is 2. The van der Waals surface area contributed by atoms with Gasteiger partial charge in [-0.15, -0.1) is 8.78 Å². The third kappa shape index (κ3) is 7.39. The van der Waals surface area contributed by atoms with Crippen LogP contribution in [0.1, 0.15) is 90.1 Å². The van der Waals surface area contributed by atoms with Crippen LogP contribution in [0.4, 0.5) is 25.8 Å². The summed E-state index contributed by atoms with van der Waals surface area (Å²) >= 11 is 0. The van der Waals surface area contributed by atoms with Crippen LogP contribution in [0.5, 0.6) is 11.5 Å². The fraction of sp³-hybridized carbons (Fsp3) is 0.477. The van der Waals surface area contributed by atoms with Crippen LogP contribution in [0.25, 0.3) is 10.9 Å². The molecule has 1 atom stereocenters. The molecule has 0 saturated carbocycles. The van der Waals surface area contributed by atoms with E-state index in [-0.39, 0.29) is 41.3 Å². The lowest BCUT2D eigenvalue weighted by molar-refractivity contribution is -0.286. The molecule has 2 N–H and O–H groups in total. The summed E-state index contributed by atoms with van der Waals surface area (Å²) in [6, 6.07) is 14.0. The van der Waals surface area contributed by atoms with Crippen molar-refractivity contribution < 1.29 is 37.4 Å². The van der Waals surface area contributed by atoms with E-state index in [0.29, 0.717) is 30.1 Å². The molecule has 7 heterocycles. The van der Waals surface area contributed by atoms with Crippen molar-refractivity contribution in [2.75, 3.05) is 60.9 Å². The smallest absolute Gasteiger partial charge is 0.395 e. The van der Waals surface area contributed by atoms with Gasteiger partial charge in [-0.2, -0.15) is 5.10 Å². The highest BCUT2D eigenvalue weighted by atomic mass is 19.3. The Morgan fingerprint density at radius 3 is 2.47 bits per heavy atom. The lowest BCUT2D eigenvalue weighted by Crippen LogP contribution is -2.52. The molecule has 314 valence electrons. The van der Waals surface area contributed by atoms with Crippen LogP contribution in [-0.2, 0) is 16.1 Å². The van der Waals surface area contributed by atoms with Gasteiger partial charge >= 0.3 is 6.29 Å². The Balaban J connectivity index is 0.757. The minimum atomic E-state index is -3.83. The second kappa shape index (κ2) is 15.4. The zero-order valence-electron chi connectivity index (χ0n) is 33.3. The number of hydrogen-bond donors (Lipinski definition) is 2. The molecule has 0 radical (unpaired) electrons. The molecule has 3 aromatic carbocycles. The van der Waals surface area contributed by atoms with E-state index < -0.39 is 24.2 Å². The third-order valence-corrected chi connectivity index (χ3v) is 13.2. The van der Waals surface area contributed by atoms with Gasteiger partial charge in [0.2, 0.25) is 11.8 Å². The first-order valence-corrected chi connectivity index (χ1v) is 21.3. The molecular weight excluding hydrogens is 775 g/mol. The summed E-state index contributed by atoms with van der Waals surface area (Å²) in [4.78, 5) is 59.9. The summed E-state index contributed by atoms with van der Waals surface area (Å²) in [6.07, 6.45) is 6.11. The monoisotopic (exact) mass is 822 g/mol. The number of nitrogens with one attached hydrogen (secondary N) is 2. The van der Waals surface area contributed by atoms with Gasteiger partial charge in [0.05, 0.1) is 28.5 Å². The Kier molecular flexibility index (Phi) is 9.84. The van der Waals surface area contributed by atoms with E-state index >= 15 is 0 Å². The summed E-state index contributed by atoms with van der Waals surface area (Å²) in [5.74, 6) is -1.25. The number of benzene rings is 3. The number of likely N-dealkylation sites (tertiary alicyclic amines) is 1. The predicted octanol–water partition coefficient (Wildman–Crippen LogP) is 5.91. The first-order chi connectivity index (χ1) is 29.0. The Labute approximate surface area is 345 Å². The van der Waals surface area contributed by atoms with Crippen molar-refractivity contribution in [1.82, 2.24) is 24.9 Å². The van der Waals surface area contributed by atoms with Gasteiger partial charge in [-0.05, 0) is 99.2 Å². The molecule has 10 rings (SSSR count). The maximum absolute atomic E-state index is 13.9. The number of ether oxygens (including phenoxy) is 2. The maximum Gasteiger partial charge on any atom is 0.586 e. The van der Waals surface area contributed by atoms with Crippen LogP contribution in [0.2, 0.25) is 0 Å². The van der Waals surface area contributed by atoms with Crippen LogP contribution < -0.4 is 29.9 Å². The minimum Gasteiger partial charge on any atom is -0.395 e. The van der Waals surface area contributed by atoms with Crippen molar-refractivity contribution in [3.8, 4) is 11.5 Å². The Hall–Kier alpha value is -5.77. The fourth-order valence-electron chi connectivity index (χ4n) is 9.95. The van der Waals surface area contributed by atoms with Gasteiger partial charge in [-0.25, -0.2) is 0 Å². The number of halogens is 2. The summed E-state index contributed by atoms with van der Waals surface area (Å²) in [6.45, 7) is 6.91. The number of anilines is 3. The number of carbonyl (C=O) groups excluding carboxylic acids is 4. The molecule has 4 aromatic rings. The van der Waals surface area contributed by atoms with Gasteiger partial charge in [0.25, 0.3) is 11.8 Å². The van der Waals surface area contributed by atoms with Crippen LogP contribution in [0.15, 0.2) is 54.7 Å². The Morgan fingerprint density at radius 1 is 0.883 bits per heavy atom. The number of imide groups is 1. The van der Waals surface area contributed by atoms with Crippen molar-refractivity contribution in [2.24, 2.45) is 5.92 Å². The molecule has 0 bridgehead atoms. The van der Waals surface area contributed by atoms with Crippen LogP contribution in [0, 0.1) is 5.92 Å². The number of para-hydroxylation sites is 1. The molecule has 14 nitrogen and oxygen atoms in total. The van der Waals surface area contributed by atoms with Crippen molar-refractivity contribution in [3.63, 3.8) is 0 Å². The molecular formula is C44H48F2N8O6. The second-order valence-electron chi connectivity index (χ2n) is 17.0. The fourth-order valence-corrected chi connectivity index (χ4v) is 9.95. The molecule has 1 aromatic heterocycles. The van der Waals surface area contributed by atoms with E-state index in [1.165, 1.54) is 18.2 Å². The molecule has 0 aliphatic carbocycles. The van der Waals surface area contributed by atoms with Crippen LogP contribution in [-0.4, -0.2) is 101 Å². The van der Waals surface area contributed by atoms with E-state index in [1.807, 2.05) is 24.3 Å². The molecule has 4 fully saturated rings. The summed E-state index contributed by atoms with van der Waals surface area (Å²) in [7, 11) is 0. The number of nitrogens with zero attached hydrogens (tertiary/aromatic N) is 6. The lowest BCUT2D eigenvalue weighted by Gasteiger charge is -2.38. The molecule has 4 amide bonds. The van der Waals surface area contributed by atoms with E-state index in [4.69, 9.17) is 9.84 Å². The molecule has 6 aliphatic rings. The number of rotatable bonds is 8. The molecule has 16 heteroatoms. The van der Waals surface area contributed by atoms with Crippen molar-refractivity contribution in [2.45, 2.75) is 82.7 Å². The van der Waals surface area contributed by atoms with Gasteiger partial charge in [0, 0.05) is 81.6 Å². The first kappa shape index (κ1) is 38.4. The SMILES string of the molecule is O=C1CCC(N2Cc3ccc(N4CCC(CN5CCC(n6cc7cc(NC(=O)c8cccc9c8OC(F)(F)O9)c(N8CCCCC8)cc7n6)CC5)CC4)cc3C2=O)C(=O)N1. The number of piperidine rings is 4. The van der Waals surface area contributed by atoms with Crippen molar-refractivity contribution in [3.05, 3.63) is 71.4 Å². The molecule has 0 spiro atoms. The molecule has 60 heavy (non-hydrogen) atoms. The van der Waals surface area contributed by atoms with E-state index in [1.54, 1.807) is 4.90 Å². The zero-order chi connectivity index (χ0) is 41.1. The van der Waals surface area contributed by atoms with Crippen molar-refractivity contribution >= 4 is 51.6 Å². The standard InChI is InChI=1S/C44H48F2N8O6/c45-44(46)59-38-6-4-5-32(40(38)60-44)41(56)47-35-21-29-26-54(49-34(29)23-37(35)52-15-2-1-3-16-52)30-13-17-50(18-14-30)24-27-11-19-51(20-12-27)31-8-7-28-25-53(43(58)33(28)22-31)36-9-10-39(55)48-42(36)57/h4-8,21-23,26-27,30,36H,1-3,9-20,24-25H2,(H,47,56)(H,48,55,57). The average molecular weight is 823 g/mol. The van der Waals surface area contributed by atoms with Crippen LogP contribution in [0.3, 0.4) is 0 Å². The van der Waals surface area contributed by atoms with Gasteiger partial charge in [-0.1, -0.05) is 12.1 Å². The number of fused-ring (bicyclic) bond motifs is 3. The highest BCUT2D eigenvalue weighted by Crippen LogP contribution is 2.44. The van der Waals surface area contributed by atoms with Gasteiger partial charge in [0.15, 0.2) is 11.5 Å². The Morgan fingerprint density at radius 2 is 1.68 bits per heavy atom. The predicted molar refractivity (Wildman–Crippen MR) is 219 cm³/mol. The van der Waals surface area contributed by atoms with E-state index in [2.05, 4.69) is 47.0 Å². The second-order valence-corrected chi connectivity index (χ2v) is 17.0. The third-order valence-electron chi connectivity index (χ3n) is 13.2. The van der Waals surface area contributed by atoms with Crippen LogP contribution >= 0.6 is 0 Å².